The lowest BCUT2D eigenvalue weighted by molar-refractivity contribution is -0.127. The van der Waals surface area contributed by atoms with Gasteiger partial charge in [-0.1, -0.05) is 12.1 Å². The molecule has 21 heavy (non-hydrogen) atoms. The summed E-state index contributed by atoms with van der Waals surface area (Å²) in [5.74, 6) is 0. The van der Waals surface area contributed by atoms with E-state index in [0.29, 0.717) is 16.5 Å². The lowest BCUT2D eigenvalue weighted by atomic mass is 9.98. The molecule has 1 aromatic carbocycles. The zero-order chi connectivity index (χ0) is 14.9. The third kappa shape index (κ3) is 3.02. The predicted octanol–water partition coefficient (Wildman–Crippen LogP) is 4.40. The fraction of sp³-hybridized carbons (Fsp3) is 0.125. The van der Waals surface area contributed by atoms with Crippen molar-refractivity contribution in [1.82, 2.24) is 9.97 Å². The highest BCUT2D eigenvalue weighted by atomic mass is 19.4. The molecule has 0 radical (unpaired) electrons. The number of fused-ring (bicyclic) bond motifs is 1. The van der Waals surface area contributed by atoms with Crippen LogP contribution in [-0.2, 0) is 6.42 Å². The average molecular weight is 288 g/mol. The number of benzene rings is 1. The van der Waals surface area contributed by atoms with Gasteiger partial charge in [-0.05, 0) is 29.8 Å². The standard InChI is InChI=1S/C16H11F3N2/c17-16(18,19)9-11-7-12-3-2-6-21-15(12)14(8-11)13-4-1-5-20-10-13/h1-8,10H,9H2. The molecule has 0 spiro atoms. The summed E-state index contributed by atoms with van der Waals surface area (Å²) in [5, 5.41) is 0.693. The first kappa shape index (κ1) is 13.5. The van der Waals surface area contributed by atoms with E-state index in [9.17, 15) is 13.2 Å². The summed E-state index contributed by atoms with van der Waals surface area (Å²) in [6.07, 6.45) is -0.307. The van der Waals surface area contributed by atoms with Crippen LogP contribution in [0.5, 0.6) is 0 Å². The van der Waals surface area contributed by atoms with Crippen molar-refractivity contribution in [2.24, 2.45) is 0 Å². The summed E-state index contributed by atoms with van der Waals surface area (Å²) in [4.78, 5) is 8.31. The van der Waals surface area contributed by atoms with Crippen molar-refractivity contribution < 1.29 is 13.2 Å². The number of aromatic nitrogens is 2. The van der Waals surface area contributed by atoms with E-state index < -0.39 is 12.6 Å². The predicted molar refractivity (Wildman–Crippen MR) is 74.7 cm³/mol. The largest absolute Gasteiger partial charge is 0.393 e. The Kier molecular flexibility index (Phi) is 3.33. The number of rotatable bonds is 2. The van der Waals surface area contributed by atoms with E-state index in [4.69, 9.17) is 0 Å². The van der Waals surface area contributed by atoms with E-state index in [1.54, 1.807) is 42.9 Å². The van der Waals surface area contributed by atoms with Crippen LogP contribution in [0, 0.1) is 0 Å². The molecule has 2 aromatic heterocycles. The van der Waals surface area contributed by atoms with Crippen molar-refractivity contribution in [2.45, 2.75) is 12.6 Å². The van der Waals surface area contributed by atoms with Crippen LogP contribution in [0.3, 0.4) is 0 Å². The van der Waals surface area contributed by atoms with E-state index >= 15 is 0 Å². The molecule has 2 heterocycles. The highest BCUT2D eigenvalue weighted by Crippen LogP contribution is 2.31. The van der Waals surface area contributed by atoms with E-state index in [-0.39, 0.29) is 5.56 Å². The fourth-order valence-corrected chi connectivity index (χ4v) is 2.33. The van der Waals surface area contributed by atoms with Gasteiger partial charge in [-0.15, -0.1) is 0 Å². The second kappa shape index (κ2) is 5.16. The molecule has 3 aromatic rings. The number of halogens is 3. The monoisotopic (exact) mass is 288 g/mol. The molecule has 106 valence electrons. The van der Waals surface area contributed by atoms with Crippen LogP contribution >= 0.6 is 0 Å². The van der Waals surface area contributed by atoms with Crippen LogP contribution in [0.15, 0.2) is 55.0 Å². The van der Waals surface area contributed by atoms with Gasteiger partial charge in [0.05, 0.1) is 11.9 Å². The molecular weight excluding hydrogens is 277 g/mol. The van der Waals surface area contributed by atoms with Gasteiger partial charge < -0.3 is 0 Å². The van der Waals surface area contributed by atoms with Gasteiger partial charge in [-0.25, -0.2) is 0 Å². The third-order valence-corrected chi connectivity index (χ3v) is 3.14. The number of hydrogen-bond acceptors (Lipinski definition) is 2. The maximum atomic E-state index is 12.6. The SMILES string of the molecule is FC(F)(F)Cc1cc(-c2cccnc2)c2ncccc2c1. The molecule has 0 N–H and O–H groups in total. The second-order valence-electron chi connectivity index (χ2n) is 4.75. The first-order valence-electron chi connectivity index (χ1n) is 6.38. The number of nitrogens with zero attached hydrogens (tertiary/aromatic N) is 2. The molecule has 0 aliphatic rings. The van der Waals surface area contributed by atoms with Crippen LogP contribution in [0.25, 0.3) is 22.0 Å². The van der Waals surface area contributed by atoms with E-state index in [1.807, 2.05) is 6.07 Å². The summed E-state index contributed by atoms with van der Waals surface area (Å²) in [5.41, 5.74) is 2.32. The maximum Gasteiger partial charge on any atom is 0.393 e. The molecule has 0 aliphatic carbocycles. The van der Waals surface area contributed by atoms with Gasteiger partial charge >= 0.3 is 6.18 Å². The molecule has 0 atom stereocenters. The Hall–Kier alpha value is -2.43. The molecule has 3 rings (SSSR count). The molecule has 2 nitrogen and oxygen atoms in total. The number of pyridine rings is 2. The van der Waals surface area contributed by atoms with Gasteiger partial charge in [0.25, 0.3) is 0 Å². The maximum absolute atomic E-state index is 12.6. The van der Waals surface area contributed by atoms with Crippen LogP contribution < -0.4 is 0 Å². The molecule has 5 heteroatoms. The molecular formula is C16H11F3N2. The molecule has 0 aliphatic heterocycles. The summed E-state index contributed by atoms with van der Waals surface area (Å²) < 4.78 is 37.9. The van der Waals surface area contributed by atoms with Crippen LogP contribution in [-0.4, -0.2) is 16.1 Å². The Balaban J connectivity index is 2.21. The van der Waals surface area contributed by atoms with Crippen molar-refractivity contribution in [3.63, 3.8) is 0 Å². The van der Waals surface area contributed by atoms with Crippen molar-refractivity contribution in [3.05, 3.63) is 60.6 Å². The lowest BCUT2D eigenvalue weighted by Crippen LogP contribution is -2.11. The summed E-state index contributed by atoms with van der Waals surface area (Å²) in [7, 11) is 0. The van der Waals surface area contributed by atoms with E-state index in [1.165, 1.54) is 6.07 Å². The Bertz CT molecular complexity index is 767. The molecule has 0 saturated carbocycles. The Morgan fingerprint density at radius 1 is 1.00 bits per heavy atom. The van der Waals surface area contributed by atoms with Crippen LogP contribution in [0.1, 0.15) is 5.56 Å². The zero-order valence-corrected chi connectivity index (χ0v) is 10.9. The number of hydrogen-bond donors (Lipinski definition) is 0. The number of alkyl halides is 3. The fourth-order valence-electron chi connectivity index (χ4n) is 2.33. The Morgan fingerprint density at radius 2 is 1.81 bits per heavy atom. The highest BCUT2D eigenvalue weighted by molar-refractivity contribution is 5.94. The first-order chi connectivity index (χ1) is 10.0. The molecule has 0 saturated heterocycles. The summed E-state index contributed by atoms with van der Waals surface area (Å²) in [6, 6.07) is 10.1. The smallest absolute Gasteiger partial charge is 0.264 e. The van der Waals surface area contributed by atoms with E-state index in [0.717, 1.165) is 5.56 Å². The molecule has 0 bridgehead atoms. The van der Waals surface area contributed by atoms with Gasteiger partial charge in [0.1, 0.15) is 0 Å². The van der Waals surface area contributed by atoms with Gasteiger partial charge in [-0.3, -0.25) is 9.97 Å². The first-order valence-corrected chi connectivity index (χ1v) is 6.38. The van der Waals surface area contributed by atoms with Crippen molar-refractivity contribution in [2.75, 3.05) is 0 Å². The average Bonchev–Trinajstić information content (AvgIpc) is 2.45. The van der Waals surface area contributed by atoms with Crippen LogP contribution in [0.4, 0.5) is 13.2 Å². The minimum atomic E-state index is -4.23. The molecule has 0 unspecified atom stereocenters. The van der Waals surface area contributed by atoms with Gasteiger partial charge in [0.2, 0.25) is 0 Å². The minimum absolute atomic E-state index is 0.224. The minimum Gasteiger partial charge on any atom is -0.264 e. The van der Waals surface area contributed by atoms with Gasteiger partial charge in [-0.2, -0.15) is 13.2 Å². The summed E-state index contributed by atoms with van der Waals surface area (Å²) in [6.45, 7) is 0. The van der Waals surface area contributed by atoms with Crippen molar-refractivity contribution >= 4 is 10.9 Å². The molecule has 0 fully saturated rings. The summed E-state index contributed by atoms with van der Waals surface area (Å²) >= 11 is 0. The topological polar surface area (TPSA) is 25.8 Å². The lowest BCUT2D eigenvalue weighted by Gasteiger charge is -2.11. The third-order valence-electron chi connectivity index (χ3n) is 3.14. The zero-order valence-electron chi connectivity index (χ0n) is 10.9. The Labute approximate surface area is 119 Å². The highest BCUT2D eigenvalue weighted by Gasteiger charge is 2.28. The van der Waals surface area contributed by atoms with E-state index in [2.05, 4.69) is 9.97 Å². The normalized spacial score (nSPS) is 11.8. The van der Waals surface area contributed by atoms with Gasteiger partial charge in [0.15, 0.2) is 0 Å². The second-order valence-corrected chi connectivity index (χ2v) is 4.75. The quantitative estimate of drug-likeness (QED) is 0.698. The molecule has 0 amide bonds. The van der Waals surface area contributed by atoms with Gasteiger partial charge in [0, 0.05) is 35.1 Å². The van der Waals surface area contributed by atoms with Crippen molar-refractivity contribution in [3.8, 4) is 11.1 Å². The Morgan fingerprint density at radius 3 is 2.52 bits per heavy atom. The van der Waals surface area contributed by atoms with Crippen LogP contribution in [0.2, 0.25) is 0 Å². The van der Waals surface area contributed by atoms with Crippen molar-refractivity contribution in [1.29, 1.82) is 0 Å².